The van der Waals surface area contributed by atoms with E-state index in [9.17, 15) is 9.18 Å². The van der Waals surface area contributed by atoms with Crippen molar-refractivity contribution in [3.8, 4) is 0 Å². The molecule has 0 saturated carbocycles. The predicted octanol–water partition coefficient (Wildman–Crippen LogP) is 2.82. The molecule has 2 heterocycles. The Hall–Kier alpha value is -1.46. The van der Waals surface area contributed by atoms with E-state index >= 15 is 0 Å². The number of halogens is 1. The van der Waals surface area contributed by atoms with Gasteiger partial charge in [0, 0.05) is 38.6 Å². The summed E-state index contributed by atoms with van der Waals surface area (Å²) in [6.07, 6.45) is 2.94. The van der Waals surface area contributed by atoms with Gasteiger partial charge in [-0.2, -0.15) is 0 Å². The van der Waals surface area contributed by atoms with E-state index in [0.29, 0.717) is 19.0 Å². The Morgan fingerprint density at radius 3 is 2.67 bits per heavy atom. The number of hydrogen-bond acceptors (Lipinski definition) is 3. The summed E-state index contributed by atoms with van der Waals surface area (Å²) >= 11 is 0. The molecule has 2 saturated heterocycles. The highest BCUT2D eigenvalue weighted by Gasteiger charge is 2.31. The first-order valence-electron chi connectivity index (χ1n) is 8.93. The van der Waals surface area contributed by atoms with E-state index in [1.54, 1.807) is 6.07 Å². The number of carbonyl (C=O) groups is 1. The Morgan fingerprint density at radius 1 is 1.21 bits per heavy atom. The molecule has 2 aliphatic rings. The van der Waals surface area contributed by atoms with E-state index in [1.165, 1.54) is 12.1 Å². The van der Waals surface area contributed by atoms with E-state index in [1.807, 2.05) is 11.0 Å². The van der Waals surface area contributed by atoms with Crippen LogP contribution in [0.1, 0.15) is 38.7 Å². The van der Waals surface area contributed by atoms with Crippen molar-refractivity contribution >= 4 is 5.91 Å². The Labute approximate surface area is 143 Å². The van der Waals surface area contributed by atoms with Crippen molar-refractivity contribution in [3.05, 3.63) is 35.6 Å². The first-order valence-corrected chi connectivity index (χ1v) is 8.93. The molecule has 3 rings (SSSR count). The highest BCUT2D eigenvalue weighted by molar-refractivity contribution is 5.76. The zero-order valence-electron chi connectivity index (χ0n) is 14.6. The van der Waals surface area contributed by atoms with Crippen LogP contribution in [0.15, 0.2) is 24.3 Å². The molecule has 1 amide bonds. The molecule has 3 atom stereocenters. The molecule has 24 heavy (non-hydrogen) atoms. The van der Waals surface area contributed by atoms with Gasteiger partial charge in [-0.3, -0.25) is 9.69 Å². The van der Waals surface area contributed by atoms with Crippen molar-refractivity contribution in [1.82, 2.24) is 9.80 Å². The van der Waals surface area contributed by atoms with Crippen molar-refractivity contribution in [2.45, 2.75) is 57.9 Å². The fraction of sp³-hybridized carbons (Fsp3) is 0.632. The van der Waals surface area contributed by atoms with Crippen LogP contribution in [0.3, 0.4) is 0 Å². The van der Waals surface area contributed by atoms with Gasteiger partial charge in [-0.15, -0.1) is 0 Å². The molecule has 2 fully saturated rings. The van der Waals surface area contributed by atoms with Gasteiger partial charge in [-0.1, -0.05) is 12.1 Å². The quantitative estimate of drug-likeness (QED) is 0.852. The summed E-state index contributed by atoms with van der Waals surface area (Å²) in [4.78, 5) is 16.8. The van der Waals surface area contributed by atoms with Crippen LogP contribution >= 0.6 is 0 Å². The summed E-state index contributed by atoms with van der Waals surface area (Å²) in [5, 5.41) is 0. The summed E-state index contributed by atoms with van der Waals surface area (Å²) < 4.78 is 19.2. The Morgan fingerprint density at radius 2 is 1.96 bits per heavy atom. The van der Waals surface area contributed by atoms with E-state index < -0.39 is 0 Å². The minimum Gasteiger partial charge on any atom is -0.373 e. The van der Waals surface area contributed by atoms with Gasteiger partial charge in [0.25, 0.3) is 0 Å². The molecule has 0 aromatic heterocycles. The molecule has 0 N–H and O–H groups in total. The molecule has 1 aromatic carbocycles. The third-order valence-electron chi connectivity index (χ3n) is 5.00. The van der Waals surface area contributed by atoms with Crippen LogP contribution in [0.25, 0.3) is 0 Å². The molecular formula is C19H27FN2O2. The molecule has 5 heteroatoms. The topological polar surface area (TPSA) is 32.8 Å². The van der Waals surface area contributed by atoms with Gasteiger partial charge in [0.05, 0.1) is 12.2 Å². The summed E-state index contributed by atoms with van der Waals surface area (Å²) in [6, 6.07) is 6.96. The van der Waals surface area contributed by atoms with Crippen molar-refractivity contribution in [1.29, 1.82) is 0 Å². The van der Waals surface area contributed by atoms with Crippen LogP contribution in [0, 0.1) is 5.82 Å². The number of morpholine rings is 1. The molecule has 1 unspecified atom stereocenters. The van der Waals surface area contributed by atoms with Crippen LogP contribution in [-0.2, 0) is 16.1 Å². The highest BCUT2D eigenvalue weighted by atomic mass is 19.1. The summed E-state index contributed by atoms with van der Waals surface area (Å²) in [5.74, 6) is -0.0694. The monoisotopic (exact) mass is 334 g/mol. The second-order valence-corrected chi connectivity index (χ2v) is 7.14. The Bertz CT molecular complexity index is 570. The Kier molecular flexibility index (Phi) is 5.51. The smallest absolute Gasteiger partial charge is 0.222 e. The lowest BCUT2D eigenvalue weighted by atomic mass is 10.0. The molecule has 0 aliphatic carbocycles. The van der Waals surface area contributed by atoms with E-state index in [4.69, 9.17) is 4.74 Å². The normalized spacial score (nSPS) is 29.5. The van der Waals surface area contributed by atoms with E-state index in [0.717, 1.165) is 38.0 Å². The zero-order chi connectivity index (χ0) is 17.1. The lowest BCUT2D eigenvalue weighted by molar-refractivity contribution is -0.131. The number of amides is 1. The van der Waals surface area contributed by atoms with Gasteiger partial charge in [-0.25, -0.2) is 4.39 Å². The number of rotatable bonds is 3. The number of likely N-dealkylation sites (tertiary alicyclic amines) is 1. The molecule has 0 bridgehead atoms. The third kappa shape index (κ3) is 4.33. The molecule has 0 spiro atoms. The van der Waals surface area contributed by atoms with E-state index in [2.05, 4.69) is 18.7 Å². The molecule has 0 radical (unpaired) electrons. The minimum absolute atomic E-state index is 0.177. The van der Waals surface area contributed by atoms with Gasteiger partial charge in [0.1, 0.15) is 5.82 Å². The maximum absolute atomic E-state index is 13.4. The minimum atomic E-state index is -0.246. The SMILES string of the molecule is C[C@@H]1CN(C2CCC(=O)N(Cc3cccc(F)c3)CC2)C[C@H](C)O1. The summed E-state index contributed by atoms with van der Waals surface area (Å²) in [7, 11) is 0. The standard InChI is InChI=1S/C19H27FN2O2/c1-14-11-22(12-15(2)24-14)18-6-7-19(23)21(9-8-18)13-16-4-3-5-17(20)10-16/h3-5,10,14-15,18H,6-9,11-13H2,1-2H3/t14-,15+,18?. The van der Waals surface area contributed by atoms with Crippen molar-refractivity contribution in [3.63, 3.8) is 0 Å². The van der Waals surface area contributed by atoms with Crippen molar-refractivity contribution in [2.75, 3.05) is 19.6 Å². The van der Waals surface area contributed by atoms with Crippen molar-refractivity contribution < 1.29 is 13.9 Å². The van der Waals surface area contributed by atoms with Gasteiger partial charge in [0.2, 0.25) is 5.91 Å². The zero-order valence-corrected chi connectivity index (χ0v) is 14.6. The third-order valence-corrected chi connectivity index (χ3v) is 5.00. The van der Waals surface area contributed by atoms with Gasteiger partial charge in [-0.05, 0) is 44.4 Å². The lowest BCUT2D eigenvalue weighted by Gasteiger charge is -2.40. The van der Waals surface area contributed by atoms with E-state index in [-0.39, 0.29) is 23.9 Å². The van der Waals surface area contributed by atoms with Gasteiger partial charge >= 0.3 is 0 Å². The molecule has 2 aliphatic heterocycles. The number of benzene rings is 1. The average Bonchev–Trinajstić information content (AvgIpc) is 2.69. The average molecular weight is 334 g/mol. The van der Waals surface area contributed by atoms with Crippen LogP contribution in [0.4, 0.5) is 4.39 Å². The molecule has 4 nitrogen and oxygen atoms in total. The summed E-state index contributed by atoms with van der Waals surface area (Å²) in [6.45, 7) is 7.33. The van der Waals surface area contributed by atoms with Gasteiger partial charge < -0.3 is 9.64 Å². The fourth-order valence-corrected chi connectivity index (χ4v) is 3.93. The first-order chi connectivity index (χ1) is 11.5. The number of ether oxygens (including phenoxy) is 1. The number of hydrogen-bond donors (Lipinski definition) is 0. The summed E-state index contributed by atoms with van der Waals surface area (Å²) in [5.41, 5.74) is 0.857. The predicted molar refractivity (Wildman–Crippen MR) is 91.0 cm³/mol. The Balaban J connectivity index is 1.61. The largest absolute Gasteiger partial charge is 0.373 e. The van der Waals surface area contributed by atoms with Crippen LogP contribution in [0.5, 0.6) is 0 Å². The van der Waals surface area contributed by atoms with Gasteiger partial charge in [0.15, 0.2) is 0 Å². The number of carbonyl (C=O) groups excluding carboxylic acids is 1. The first kappa shape index (κ1) is 17.4. The van der Waals surface area contributed by atoms with Crippen LogP contribution < -0.4 is 0 Å². The van der Waals surface area contributed by atoms with Crippen LogP contribution in [-0.4, -0.2) is 53.6 Å². The van der Waals surface area contributed by atoms with Crippen LogP contribution in [0.2, 0.25) is 0 Å². The fourth-order valence-electron chi connectivity index (χ4n) is 3.93. The molecule has 1 aromatic rings. The maximum atomic E-state index is 13.4. The maximum Gasteiger partial charge on any atom is 0.222 e. The van der Waals surface area contributed by atoms with Crippen molar-refractivity contribution in [2.24, 2.45) is 0 Å². The molecule has 132 valence electrons. The lowest BCUT2D eigenvalue weighted by Crippen LogP contribution is -2.50. The highest BCUT2D eigenvalue weighted by Crippen LogP contribution is 2.23. The molecular weight excluding hydrogens is 307 g/mol. The number of nitrogens with zero attached hydrogens (tertiary/aromatic N) is 2. The second-order valence-electron chi connectivity index (χ2n) is 7.14. The second kappa shape index (κ2) is 7.62.